The molecule has 0 radical (unpaired) electrons. The van der Waals surface area contributed by atoms with Crippen molar-refractivity contribution in [1.82, 2.24) is 5.32 Å². The van der Waals surface area contributed by atoms with Gasteiger partial charge in [0.25, 0.3) is 0 Å². The van der Waals surface area contributed by atoms with Crippen LogP contribution in [0.25, 0.3) is 0 Å². The second-order valence-corrected chi connectivity index (χ2v) is 6.98. The minimum atomic E-state index is 0. The van der Waals surface area contributed by atoms with E-state index in [9.17, 15) is 0 Å². The SMILES string of the molecule is Cc1ccc(COc2ccc(Cl)cc2CNC(C)c2ccccc2)cc1.Cl. The zero-order chi connectivity index (χ0) is 18.4. The number of aryl methyl sites for hydroxylation is 1. The smallest absolute Gasteiger partial charge is 0.124 e. The molecular formula is C23H25Cl2NO. The van der Waals surface area contributed by atoms with Crippen molar-refractivity contribution < 1.29 is 4.74 Å². The van der Waals surface area contributed by atoms with Gasteiger partial charge in [0.1, 0.15) is 12.4 Å². The minimum absolute atomic E-state index is 0. The van der Waals surface area contributed by atoms with Crippen LogP contribution in [-0.4, -0.2) is 0 Å². The van der Waals surface area contributed by atoms with Gasteiger partial charge in [0.15, 0.2) is 0 Å². The molecule has 0 fully saturated rings. The minimum Gasteiger partial charge on any atom is -0.489 e. The van der Waals surface area contributed by atoms with Gasteiger partial charge in [0.2, 0.25) is 0 Å². The van der Waals surface area contributed by atoms with Gasteiger partial charge in [-0.25, -0.2) is 0 Å². The average Bonchev–Trinajstić information content (AvgIpc) is 2.67. The van der Waals surface area contributed by atoms with E-state index in [1.54, 1.807) is 0 Å². The molecule has 3 aromatic rings. The highest BCUT2D eigenvalue weighted by Crippen LogP contribution is 2.25. The Balaban J connectivity index is 0.00000261. The van der Waals surface area contributed by atoms with E-state index >= 15 is 0 Å². The lowest BCUT2D eigenvalue weighted by Crippen LogP contribution is -2.18. The van der Waals surface area contributed by atoms with Crippen LogP contribution in [0.3, 0.4) is 0 Å². The third-order valence-corrected chi connectivity index (χ3v) is 4.67. The molecule has 2 nitrogen and oxygen atoms in total. The Labute approximate surface area is 172 Å². The molecule has 0 saturated carbocycles. The fraction of sp³-hybridized carbons (Fsp3) is 0.217. The zero-order valence-corrected chi connectivity index (χ0v) is 17.2. The molecule has 1 unspecified atom stereocenters. The predicted octanol–water partition coefficient (Wildman–Crippen LogP) is 6.50. The number of nitrogens with one attached hydrogen (secondary N) is 1. The highest BCUT2D eigenvalue weighted by atomic mass is 35.5. The Bertz CT molecular complexity index is 835. The van der Waals surface area contributed by atoms with Crippen LogP contribution < -0.4 is 10.1 Å². The van der Waals surface area contributed by atoms with Crippen LogP contribution in [0.2, 0.25) is 5.02 Å². The van der Waals surface area contributed by atoms with E-state index in [2.05, 4.69) is 67.7 Å². The second-order valence-electron chi connectivity index (χ2n) is 6.54. The van der Waals surface area contributed by atoms with Crippen molar-refractivity contribution in [3.05, 3.63) is 100 Å². The highest BCUT2D eigenvalue weighted by Gasteiger charge is 2.09. The number of hydrogen-bond acceptors (Lipinski definition) is 2. The first kappa shape index (κ1) is 21.3. The fourth-order valence-electron chi connectivity index (χ4n) is 2.79. The molecule has 27 heavy (non-hydrogen) atoms. The summed E-state index contributed by atoms with van der Waals surface area (Å²) >= 11 is 6.20. The van der Waals surface area contributed by atoms with Gasteiger partial charge in [-0.15, -0.1) is 12.4 Å². The molecule has 142 valence electrons. The van der Waals surface area contributed by atoms with Gasteiger partial charge in [0.05, 0.1) is 0 Å². The van der Waals surface area contributed by atoms with Crippen LogP contribution in [0.5, 0.6) is 5.75 Å². The maximum Gasteiger partial charge on any atom is 0.124 e. The van der Waals surface area contributed by atoms with Gasteiger partial charge in [0, 0.05) is 23.2 Å². The van der Waals surface area contributed by atoms with Crippen LogP contribution >= 0.6 is 24.0 Å². The quantitative estimate of drug-likeness (QED) is 0.487. The van der Waals surface area contributed by atoms with Crippen molar-refractivity contribution in [2.75, 3.05) is 0 Å². The van der Waals surface area contributed by atoms with Gasteiger partial charge in [-0.2, -0.15) is 0 Å². The molecule has 0 aliphatic heterocycles. The van der Waals surface area contributed by atoms with Gasteiger partial charge in [-0.05, 0) is 43.2 Å². The number of ether oxygens (including phenoxy) is 1. The topological polar surface area (TPSA) is 21.3 Å². The second kappa shape index (κ2) is 10.4. The molecule has 3 rings (SSSR count). The monoisotopic (exact) mass is 401 g/mol. The molecule has 0 bridgehead atoms. The van der Waals surface area contributed by atoms with Gasteiger partial charge in [-0.1, -0.05) is 71.8 Å². The molecule has 0 amide bonds. The summed E-state index contributed by atoms with van der Waals surface area (Å²) in [4.78, 5) is 0. The summed E-state index contributed by atoms with van der Waals surface area (Å²) in [7, 11) is 0. The Morgan fingerprint density at radius 3 is 2.37 bits per heavy atom. The summed E-state index contributed by atoms with van der Waals surface area (Å²) in [6.45, 7) is 5.48. The lowest BCUT2D eigenvalue weighted by atomic mass is 10.1. The van der Waals surface area contributed by atoms with Crippen LogP contribution in [0.1, 0.15) is 35.2 Å². The third kappa shape index (κ3) is 6.28. The van der Waals surface area contributed by atoms with E-state index in [1.807, 2.05) is 24.3 Å². The summed E-state index contributed by atoms with van der Waals surface area (Å²) in [6.07, 6.45) is 0. The molecule has 0 spiro atoms. The summed E-state index contributed by atoms with van der Waals surface area (Å²) < 4.78 is 6.06. The van der Waals surface area contributed by atoms with Crippen molar-refractivity contribution in [3.63, 3.8) is 0 Å². The maximum atomic E-state index is 6.20. The molecular weight excluding hydrogens is 377 g/mol. The van der Waals surface area contributed by atoms with E-state index in [0.717, 1.165) is 21.9 Å². The molecule has 0 aliphatic rings. The van der Waals surface area contributed by atoms with E-state index in [-0.39, 0.29) is 18.4 Å². The average molecular weight is 402 g/mol. The number of benzene rings is 3. The lowest BCUT2D eigenvalue weighted by Gasteiger charge is -2.17. The third-order valence-electron chi connectivity index (χ3n) is 4.44. The molecule has 0 aliphatic carbocycles. The normalized spacial score (nSPS) is 11.5. The van der Waals surface area contributed by atoms with Gasteiger partial charge < -0.3 is 10.1 Å². The first-order valence-corrected chi connectivity index (χ1v) is 9.25. The first-order valence-electron chi connectivity index (χ1n) is 8.87. The van der Waals surface area contributed by atoms with Crippen molar-refractivity contribution in [1.29, 1.82) is 0 Å². The van der Waals surface area contributed by atoms with E-state index in [1.165, 1.54) is 11.1 Å². The molecule has 3 aromatic carbocycles. The van der Waals surface area contributed by atoms with Crippen LogP contribution in [0.15, 0.2) is 72.8 Å². The standard InChI is InChI=1S/C23H24ClNO.ClH/c1-17-8-10-19(11-9-17)16-26-23-13-12-22(24)14-21(23)15-25-18(2)20-6-4-3-5-7-20;/h3-14,18,25H,15-16H2,1-2H3;1H. The predicted molar refractivity (Wildman–Crippen MR) is 116 cm³/mol. The summed E-state index contributed by atoms with van der Waals surface area (Å²) in [5.74, 6) is 0.864. The number of rotatable bonds is 7. The molecule has 4 heteroatoms. The lowest BCUT2D eigenvalue weighted by molar-refractivity contribution is 0.301. The first-order chi connectivity index (χ1) is 12.6. The largest absolute Gasteiger partial charge is 0.489 e. The van der Waals surface area contributed by atoms with Gasteiger partial charge >= 0.3 is 0 Å². The molecule has 0 aromatic heterocycles. The molecule has 0 saturated heterocycles. The highest BCUT2D eigenvalue weighted by molar-refractivity contribution is 6.30. The Morgan fingerprint density at radius 1 is 0.963 bits per heavy atom. The number of hydrogen-bond donors (Lipinski definition) is 1. The van der Waals surface area contributed by atoms with E-state index in [4.69, 9.17) is 16.3 Å². The molecule has 1 atom stereocenters. The fourth-order valence-corrected chi connectivity index (χ4v) is 2.99. The van der Waals surface area contributed by atoms with Crippen molar-refractivity contribution >= 4 is 24.0 Å². The Morgan fingerprint density at radius 2 is 1.67 bits per heavy atom. The molecule has 0 heterocycles. The number of halogens is 2. The summed E-state index contributed by atoms with van der Waals surface area (Å²) in [5, 5.41) is 4.27. The Hall–Kier alpha value is -2.00. The van der Waals surface area contributed by atoms with Crippen LogP contribution in [0.4, 0.5) is 0 Å². The Kier molecular flexibility index (Phi) is 8.18. The molecule has 1 N–H and O–H groups in total. The maximum absolute atomic E-state index is 6.20. The summed E-state index contributed by atoms with van der Waals surface area (Å²) in [6, 6.07) is 24.8. The van der Waals surface area contributed by atoms with Crippen molar-refractivity contribution in [3.8, 4) is 5.75 Å². The van der Waals surface area contributed by atoms with Crippen LogP contribution in [-0.2, 0) is 13.2 Å². The van der Waals surface area contributed by atoms with Gasteiger partial charge in [-0.3, -0.25) is 0 Å². The van der Waals surface area contributed by atoms with E-state index in [0.29, 0.717) is 13.2 Å². The summed E-state index contributed by atoms with van der Waals surface area (Å²) in [5.41, 5.74) is 4.73. The zero-order valence-electron chi connectivity index (χ0n) is 15.6. The van der Waals surface area contributed by atoms with Crippen molar-refractivity contribution in [2.24, 2.45) is 0 Å². The van der Waals surface area contributed by atoms with E-state index < -0.39 is 0 Å². The van der Waals surface area contributed by atoms with Crippen molar-refractivity contribution in [2.45, 2.75) is 33.0 Å². The van der Waals surface area contributed by atoms with Crippen LogP contribution in [0, 0.1) is 6.92 Å².